The lowest BCUT2D eigenvalue weighted by Crippen LogP contribution is -2.37. The molecular formula is C19H21N3O5S. The van der Waals surface area contributed by atoms with Crippen LogP contribution in [0.15, 0.2) is 37.2 Å². The normalized spacial score (nSPS) is 11.1. The number of hydrogen-bond acceptors (Lipinski definition) is 7. The number of carbonyl (C=O) groups excluding carboxylic acids is 1. The van der Waals surface area contributed by atoms with Gasteiger partial charge in [0.1, 0.15) is 11.4 Å². The Morgan fingerprint density at radius 1 is 1.25 bits per heavy atom. The molecule has 0 fully saturated rings. The van der Waals surface area contributed by atoms with Gasteiger partial charge < -0.3 is 9.15 Å². The molecule has 0 N–H and O–H groups in total. The molecule has 0 radical (unpaired) electrons. The number of carbonyl (C=O) groups is 1. The molecule has 3 heterocycles. The molecule has 0 aliphatic carbocycles. The Hall–Kier alpha value is -2.81. The highest BCUT2D eigenvalue weighted by molar-refractivity contribution is 7.98. The number of aryl methyl sites for hydroxylation is 2. The van der Waals surface area contributed by atoms with Gasteiger partial charge in [-0.2, -0.15) is 0 Å². The summed E-state index contributed by atoms with van der Waals surface area (Å²) in [5.41, 5.74) is 0.499. The van der Waals surface area contributed by atoms with E-state index in [-0.39, 0.29) is 11.3 Å². The first-order chi connectivity index (χ1) is 13.4. The molecule has 0 spiro atoms. The first-order valence-corrected chi connectivity index (χ1v) is 9.75. The third-order valence-electron chi connectivity index (χ3n) is 4.42. The Kier molecular flexibility index (Phi) is 5.73. The minimum atomic E-state index is -0.541. The quantitative estimate of drug-likeness (QED) is 0.460. The van der Waals surface area contributed by atoms with Crippen LogP contribution in [0, 0.1) is 0 Å². The number of nitrogens with zero attached hydrogens (tertiary/aromatic N) is 3. The molecule has 3 aromatic rings. The molecule has 0 aromatic carbocycles. The highest BCUT2D eigenvalue weighted by atomic mass is 32.2. The molecule has 28 heavy (non-hydrogen) atoms. The maximum atomic E-state index is 12.8. The van der Waals surface area contributed by atoms with E-state index in [4.69, 9.17) is 4.42 Å². The van der Waals surface area contributed by atoms with Gasteiger partial charge in [-0.3, -0.25) is 13.9 Å². The topological polar surface area (TPSA) is 96.3 Å². The van der Waals surface area contributed by atoms with E-state index in [1.54, 1.807) is 25.4 Å². The highest BCUT2D eigenvalue weighted by Crippen LogP contribution is 2.32. The molecule has 0 atom stereocenters. The van der Waals surface area contributed by atoms with E-state index in [1.165, 1.54) is 30.5 Å². The van der Waals surface area contributed by atoms with Crippen LogP contribution in [0.1, 0.15) is 35.2 Å². The van der Waals surface area contributed by atoms with Gasteiger partial charge in [0.05, 0.1) is 18.2 Å². The number of furan rings is 1. The Morgan fingerprint density at radius 3 is 2.68 bits per heavy atom. The standard InChI is InChI=1S/C19H21N3O5S/c1-5-6-11-9-20-16-14(17(23)22(3)19(25)21(16)2)15(11)28-10-12-7-8-13(27-12)18(24)26-4/h7-9H,5-6,10H2,1-4H3. The van der Waals surface area contributed by atoms with Gasteiger partial charge in [0.2, 0.25) is 5.76 Å². The summed E-state index contributed by atoms with van der Waals surface area (Å²) in [6, 6.07) is 3.26. The first-order valence-electron chi connectivity index (χ1n) is 8.76. The van der Waals surface area contributed by atoms with Crippen molar-refractivity contribution in [1.29, 1.82) is 0 Å². The van der Waals surface area contributed by atoms with Gasteiger partial charge in [-0.25, -0.2) is 14.6 Å². The lowest BCUT2D eigenvalue weighted by atomic mass is 10.1. The number of esters is 1. The predicted octanol–water partition coefficient (Wildman–Crippen LogP) is 2.26. The molecule has 9 heteroatoms. The third kappa shape index (κ3) is 3.49. The van der Waals surface area contributed by atoms with E-state index in [9.17, 15) is 14.4 Å². The second kappa shape index (κ2) is 8.05. The van der Waals surface area contributed by atoms with Crippen LogP contribution in [-0.2, 0) is 31.0 Å². The SMILES string of the molecule is CCCc1cnc2c(c1SCc1ccc(C(=O)OC)o1)c(=O)n(C)c(=O)n2C. The maximum absolute atomic E-state index is 12.8. The van der Waals surface area contributed by atoms with Crippen LogP contribution >= 0.6 is 11.8 Å². The number of methoxy groups -OCH3 is 1. The largest absolute Gasteiger partial charge is 0.463 e. The van der Waals surface area contributed by atoms with Crippen molar-refractivity contribution in [3.8, 4) is 0 Å². The molecule has 3 rings (SSSR count). The zero-order valence-corrected chi connectivity index (χ0v) is 17.0. The summed E-state index contributed by atoms with van der Waals surface area (Å²) in [6.07, 6.45) is 3.36. The fourth-order valence-corrected chi connectivity index (χ4v) is 4.07. The molecule has 0 aliphatic rings. The van der Waals surface area contributed by atoms with Crippen molar-refractivity contribution in [1.82, 2.24) is 14.1 Å². The molecule has 8 nitrogen and oxygen atoms in total. The van der Waals surface area contributed by atoms with E-state index < -0.39 is 11.7 Å². The van der Waals surface area contributed by atoms with E-state index in [0.717, 1.165) is 27.9 Å². The summed E-state index contributed by atoms with van der Waals surface area (Å²) < 4.78 is 12.6. The van der Waals surface area contributed by atoms with Crippen LogP contribution in [0.5, 0.6) is 0 Å². The van der Waals surface area contributed by atoms with E-state index in [0.29, 0.717) is 22.5 Å². The lowest BCUT2D eigenvalue weighted by molar-refractivity contribution is 0.0563. The third-order valence-corrected chi connectivity index (χ3v) is 5.61. The van der Waals surface area contributed by atoms with Crippen LogP contribution in [0.4, 0.5) is 0 Å². The van der Waals surface area contributed by atoms with Crippen LogP contribution < -0.4 is 11.2 Å². The van der Waals surface area contributed by atoms with Crippen molar-refractivity contribution < 1.29 is 13.9 Å². The van der Waals surface area contributed by atoms with Gasteiger partial charge in [0.15, 0.2) is 0 Å². The van der Waals surface area contributed by atoms with Crippen molar-refractivity contribution in [3.63, 3.8) is 0 Å². The zero-order chi connectivity index (χ0) is 20.4. The summed E-state index contributed by atoms with van der Waals surface area (Å²) in [4.78, 5) is 41.8. The monoisotopic (exact) mass is 403 g/mol. The van der Waals surface area contributed by atoms with Crippen LogP contribution in [0.3, 0.4) is 0 Å². The van der Waals surface area contributed by atoms with Gasteiger partial charge in [-0.15, -0.1) is 11.8 Å². The second-order valence-corrected chi connectivity index (χ2v) is 7.30. The number of pyridine rings is 1. The molecule has 0 unspecified atom stereocenters. The Morgan fingerprint density at radius 2 is 2.00 bits per heavy atom. The second-order valence-electron chi connectivity index (χ2n) is 6.31. The minimum absolute atomic E-state index is 0.129. The van der Waals surface area contributed by atoms with Crippen LogP contribution in [0.2, 0.25) is 0 Å². The smallest absolute Gasteiger partial charge is 0.373 e. The molecular weight excluding hydrogens is 382 g/mol. The van der Waals surface area contributed by atoms with Crippen LogP contribution in [0.25, 0.3) is 11.0 Å². The highest BCUT2D eigenvalue weighted by Gasteiger charge is 2.18. The molecule has 0 saturated heterocycles. The Bertz CT molecular complexity index is 1160. The summed E-state index contributed by atoms with van der Waals surface area (Å²) >= 11 is 1.43. The first kappa shape index (κ1) is 19.9. The van der Waals surface area contributed by atoms with E-state index >= 15 is 0 Å². The van der Waals surface area contributed by atoms with E-state index in [2.05, 4.69) is 9.72 Å². The Balaban J connectivity index is 2.08. The number of rotatable bonds is 6. The van der Waals surface area contributed by atoms with Gasteiger partial charge in [0.25, 0.3) is 5.56 Å². The van der Waals surface area contributed by atoms with Gasteiger partial charge in [-0.05, 0) is 24.1 Å². The Labute approximate surface area is 165 Å². The molecule has 0 bridgehead atoms. The van der Waals surface area contributed by atoms with Crippen molar-refractivity contribution in [2.45, 2.75) is 30.4 Å². The molecule has 3 aromatic heterocycles. The maximum Gasteiger partial charge on any atom is 0.373 e. The lowest BCUT2D eigenvalue weighted by Gasteiger charge is -2.13. The fraction of sp³-hybridized carbons (Fsp3) is 0.368. The van der Waals surface area contributed by atoms with Gasteiger partial charge in [-0.1, -0.05) is 13.3 Å². The van der Waals surface area contributed by atoms with Crippen molar-refractivity contribution in [2.75, 3.05) is 7.11 Å². The number of thioether (sulfide) groups is 1. The summed E-state index contributed by atoms with van der Waals surface area (Å²) in [5, 5.41) is 0.417. The van der Waals surface area contributed by atoms with Gasteiger partial charge >= 0.3 is 11.7 Å². The van der Waals surface area contributed by atoms with Gasteiger partial charge in [0, 0.05) is 25.2 Å². The van der Waals surface area contributed by atoms with Crippen molar-refractivity contribution >= 4 is 28.8 Å². The molecule has 0 aliphatic heterocycles. The fourth-order valence-electron chi connectivity index (χ4n) is 2.96. The molecule has 0 amide bonds. The number of aromatic nitrogens is 3. The molecule has 148 valence electrons. The summed E-state index contributed by atoms with van der Waals surface area (Å²) in [5.74, 6) is 0.587. The average molecular weight is 403 g/mol. The predicted molar refractivity (Wildman–Crippen MR) is 106 cm³/mol. The summed E-state index contributed by atoms with van der Waals surface area (Å²) in [6.45, 7) is 2.05. The van der Waals surface area contributed by atoms with Crippen molar-refractivity contribution in [3.05, 3.63) is 56.3 Å². The molecule has 0 saturated carbocycles. The van der Waals surface area contributed by atoms with E-state index in [1.807, 2.05) is 6.92 Å². The number of hydrogen-bond donors (Lipinski definition) is 0. The minimum Gasteiger partial charge on any atom is -0.463 e. The van der Waals surface area contributed by atoms with Crippen molar-refractivity contribution in [2.24, 2.45) is 14.1 Å². The number of fused-ring (bicyclic) bond motifs is 1. The summed E-state index contributed by atoms with van der Waals surface area (Å²) in [7, 11) is 4.35. The average Bonchev–Trinajstić information content (AvgIpc) is 3.18. The zero-order valence-electron chi connectivity index (χ0n) is 16.1. The number of ether oxygens (including phenoxy) is 1. The van der Waals surface area contributed by atoms with Crippen LogP contribution in [-0.4, -0.2) is 27.2 Å².